The van der Waals surface area contributed by atoms with Gasteiger partial charge in [0.15, 0.2) is 0 Å². The summed E-state index contributed by atoms with van der Waals surface area (Å²) in [4.78, 5) is 11.5. The summed E-state index contributed by atoms with van der Waals surface area (Å²) in [5.41, 5.74) is 0. The Bertz CT molecular complexity index is 399. The van der Waals surface area contributed by atoms with E-state index in [1.165, 1.54) is 18.5 Å². The summed E-state index contributed by atoms with van der Waals surface area (Å²) in [5.74, 6) is -0.0387. The van der Waals surface area contributed by atoms with Crippen molar-refractivity contribution in [1.29, 1.82) is 0 Å². The predicted molar refractivity (Wildman–Crippen MR) is 53.5 cm³/mol. The Morgan fingerprint density at radius 2 is 2.57 bits per heavy atom. The first kappa shape index (κ1) is 9.22. The Labute approximate surface area is 88.5 Å². The maximum Gasteiger partial charge on any atom is 0.315 e. The Balaban J connectivity index is 2.05. The second-order valence-electron chi connectivity index (χ2n) is 2.28. The van der Waals surface area contributed by atoms with E-state index in [0.717, 1.165) is 11.8 Å². The zero-order chi connectivity index (χ0) is 9.97. The van der Waals surface area contributed by atoms with E-state index in [-0.39, 0.29) is 11.9 Å². The zero-order valence-corrected chi connectivity index (χ0v) is 8.35. The monoisotopic (exact) mass is 228 g/mol. The molecule has 0 aliphatic carbocycles. The number of hydrogen-bond acceptors (Lipinski definition) is 6. The van der Waals surface area contributed by atoms with Crippen LogP contribution >= 0.6 is 24.0 Å². The van der Waals surface area contributed by atoms with Gasteiger partial charge in [0.1, 0.15) is 15.5 Å². The molecule has 0 saturated carbocycles. The van der Waals surface area contributed by atoms with Gasteiger partial charge in [-0.25, -0.2) is 0 Å². The van der Waals surface area contributed by atoms with Crippen LogP contribution in [0.1, 0.15) is 0 Å². The van der Waals surface area contributed by atoms with Gasteiger partial charge >= 0.3 is 5.95 Å². The number of nitrogens with zero attached hydrogens (tertiary/aromatic N) is 1. The van der Waals surface area contributed by atoms with Gasteiger partial charge in [0.05, 0.1) is 6.20 Å². The molecule has 0 atom stereocenters. The fraction of sp³-hybridized carbons (Fsp3) is 0. The third-order valence-corrected chi connectivity index (χ3v) is 2.48. The number of amides is 1. The highest BCUT2D eigenvalue weighted by atomic mass is 32.2. The van der Waals surface area contributed by atoms with Crippen LogP contribution in [0, 0.1) is 0 Å². The Morgan fingerprint density at radius 3 is 3.14 bits per heavy atom. The molecule has 14 heavy (non-hydrogen) atoms. The second-order valence-corrected chi connectivity index (χ2v) is 3.99. The molecule has 0 aromatic carbocycles. The van der Waals surface area contributed by atoms with Gasteiger partial charge in [-0.2, -0.15) is 0 Å². The van der Waals surface area contributed by atoms with Crippen molar-refractivity contribution >= 4 is 34.2 Å². The standard InChI is InChI=1S/C7H4N2O3S2/c10-6-4(14-7(13)9-6)3-11-5-1-2-8-12-5/h1-3H,(H,9,10,13). The lowest BCUT2D eigenvalue weighted by Crippen LogP contribution is -2.17. The van der Waals surface area contributed by atoms with Crippen molar-refractivity contribution in [3.8, 4) is 5.95 Å². The average molecular weight is 228 g/mol. The fourth-order valence-electron chi connectivity index (χ4n) is 0.780. The normalized spacial score (nSPS) is 18.7. The van der Waals surface area contributed by atoms with Crippen molar-refractivity contribution in [1.82, 2.24) is 10.5 Å². The number of nitrogens with one attached hydrogen (secondary N) is 1. The maximum atomic E-state index is 11.1. The van der Waals surface area contributed by atoms with Crippen molar-refractivity contribution in [2.24, 2.45) is 0 Å². The van der Waals surface area contributed by atoms with E-state index in [2.05, 4.69) is 15.0 Å². The molecular weight excluding hydrogens is 224 g/mol. The molecule has 0 spiro atoms. The largest absolute Gasteiger partial charge is 0.431 e. The first-order chi connectivity index (χ1) is 6.75. The summed E-state index contributed by atoms with van der Waals surface area (Å²) < 4.78 is 10.1. The number of aromatic nitrogens is 1. The molecule has 5 nitrogen and oxygen atoms in total. The number of hydrogen-bond donors (Lipinski definition) is 1. The average Bonchev–Trinajstić information content (AvgIpc) is 2.72. The molecule has 1 saturated heterocycles. The van der Waals surface area contributed by atoms with Gasteiger partial charge in [-0.1, -0.05) is 29.1 Å². The van der Waals surface area contributed by atoms with Crippen LogP contribution in [0.4, 0.5) is 0 Å². The summed E-state index contributed by atoms with van der Waals surface area (Å²) >= 11 is 5.93. The molecule has 1 aliphatic heterocycles. The van der Waals surface area contributed by atoms with Crippen LogP contribution in [-0.4, -0.2) is 15.4 Å². The molecule has 0 unspecified atom stereocenters. The molecule has 1 aliphatic rings. The van der Waals surface area contributed by atoms with Crippen molar-refractivity contribution in [3.63, 3.8) is 0 Å². The summed E-state index contributed by atoms with van der Waals surface area (Å²) in [6.45, 7) is 0. The van der Waals surface area contributed by atoms with Gasteiger partial charge < -0.3 is 14.6 Å². The van der Waals surface area contributed by atoms with Gasteiger partial charge in [0, 0.05) is 6.07 Å². The molecule has 72 valence electrons. The van der Waals surface area contributed by atoms with Crippen molar-refractivity contribution in [3.05, 3.63) is 23.4 Å². The number of ether oxygens (including phenoxy) is 1. The first-order valence-corrected chi connectivity index (χ1v) is 4.79. The minimum Gasteiger partial charge on any atom is -0.431 e. The fourth-order valence-corrected chi connectivity index (χ4v) is 1.73. The number of rotatable bonds is 2. The summed E-state index contributed by atoms with van der Waals surface area (Å²) in [7, 11) is 0. The molecular formula is C7H4N2O3S2. The molecule has 1 aromatic heterocycles. The van der Waals surface area contributed by atoms with E-state index in [4.69, 9.17) is 17.0 Å². The minimum atomic E-state index is -0.264. The Morgan fingerprint density at radius 1 is 1.71 bits per heavy atom. The van der Waals surface area contributed by atoms with Gasteiger partial charge in [-0.05, 0) is 0 Å². The lowest BCUT2D eigenvalue weighted by molar-refractivity contribution is -0.115. The third-order valence-electron chi connectivity index (χ3n) is 1.34. The summed E-state index contributed by atoms with van der Waals surface area (Å²) in [5, 5.41) is 5.90. The lowest BCUT2D eigenvalue weighted by atomic mass is 10.6. The predicted octanol–water partition coefficient (Wildman–Crippen LogP) is 1.04. The van der Waals surface area contributed by atoms with Crippen LogP contribution in [0.15, 0.2) is 28.0 Å². The van der Waals surface area contributed by atoms with Crippen LogP contribution < -0.4 is 10.1 Å². The molecule has 2 heterocycles. The molecule has 1 amide bonds. The number of carbonyl (C=O) groups is 1. The minimum absolute atomic E-state index is 0.226. The molecule has 1 fully saturated rings. The highest BCUT2D eigenvalue weighted by Crippen LogP contribution is 2.23. The second kappa shape index (κ2) is 3.81. The van der Waals surface area contributed by atoms with Crippen LogP contribution in [-0.2, 0) is 4.79 Å². The quantitative estimate of drug-likeness (QED) is 0.463. The highest BCUT2D eigenvalue weighted by molar-refractivity contribution is 8.26. The van der Waals surface area contributed by atoms with E-state index in [1.54, 1.807) is 0 Å². The topological polar surface area (TPSA) is 64.4 Å². The molecule has 1 N–H and O–H groups in total. The third kappa shape index (κ3) is 1.94. The highest BCUT2D eigenvalue weighted by Gasteiger charge is 2.22. The first-order valence-electron chi connectivity index (χ1n) is 3.56. The molecule has 7 heteroatoms. The number of carbonyl (C=O) groups excluding carboxylic acids is 1. The van der Waals surface area contributed by atoms with E-state index in [1.807, 2.05) is 0 Å². The van der Waals surface area contributed by atoms with E-state index >= 15 is 0 Å². The van der Waals surface area contributed by atoms with Crippen LogP contribution in [0.5, 0.6) is 5.95 Å². The Kier molecular flexibility index (Phi) is 2.51. The van der Waals surface area contributed by atoms with Crippen LogP contribution in [0.2, 0.25) is 0 Å². The number of thioether (sulfide) groups is 1. The van der Waals surface area contributed by atoms with Gasteiger partial charge in [-0.15, -0.1) is 0 Å². The van der Waals surface area contributed by atoms with Gasteiger partial charge in [0.2, 0.25) is 0 Å². The van der Waals surface area contributed by atoms with E-state index in [0.29, 0.717) is 9.23 Å². The maximum absolute atomic E-state index is 11.1. The SMILES string of the molecule is O=C1NC(=S)SC1=COc1ccno1. The van der Waals surface area contributed by atoms with E-state index < -0.39 is 0 Å². The lowest BCUT2D eigenvalue weighted by Gasteiger charge is -1.92. The van der Waals surface area contributed by atoms with Gasteiger partial charge in [-0.3, -0.25) is 4.79 Å². The van der Waals surface area contributed by atoms with Crippen molar-refractivity contribution < 1.29 is 14.1 Å². The Hall–Kier alpha value is -1.34. The van der Waals surface area contributed by atoms with Crippen molar-refractivity contribution in [2.45, 2.75) is 0 Å². The molecule has 2 rings (SSSR count). The zero-order valence-electron chi connectivity index (χ0n) is 6.72. The van der Waals surface area contributed by atoms with Crippen molar-refractivity contribution in [2.75, 3.05) is 0 Å². The summed E-state index contributed by atoms with van der Waals surface area (Å²) in [6.07, 6.45) is 2.72. The molecule has 0 radical (unpaired) electrons. The molecule has 0 bridgehead atoms. The number of thiocarbonyl (C=S) groups is 1. The molecule has 1 aromatic rings. The summed E-state index contributed by atoms with van der Waals surface area (Å²) in [6, 6.07) is 1.53. The van der Waals surface area contributed by atoms with E-state index in [9.17, 15) is 4.79 Å². The smallest absolute Gasteiger partial charge is 0.315 e. The van der Waals surface area contributed by atoms with Gasteiger partial charge in [0.25, 0.3) is 5.91 Å². The van der Waals surface area contributed by atoms with Crippen LogP contribution in [0.3, 0.4) is 0 Å². The van der Waals surface area contributed by atoms with Crippen LogP contribution in [0.25, 0.3) is 0 Å².